The number of rotatable bonds is 4. The van der Waals surface area contributed by atoms with Crippen LogP contribution in [0.5, 0.6) is 0 Å². The summed E-state index contributed by atoms with van der Waals surface area (Å²) in [5.74, 6) is -0.331. The van der Waals surface area contributed by atoms with Gasteiger partial charge in [-0.1, -0.05) is 29.3 Å². The molecule has 0 bridgehead atoms. The number of aliphatic hydroxyl groups excluding tert-OH is 1. The lowest BCUT2D eigenvalue weighted by Crippen LogP contribution is -2.20. The van der Waals surface area contributed by atoms with Gasteiger partial charge in [0, 0.05) is 22.5 Å². The molecular formula is C13H12BrCl2NOS. The first-order chi connectivity index (χ1) is 9.04. The Bertz CT molecular complexity index is 555. The number of nitrogens with two attached hydrogens (primary N) is 1. The second-order valence-electron chi connectivity index (χ2n) is 4.11. The zero-order chi connectivity index (χ0) is 14.0. The van der Waals surface area contributed by atoms with Gasteiger partial charge in [0.25, 0.3) is 0 Å². The molecule has 0 amide bonds. The van der Waals surface area contributed by atoms with E-state index >= 15 is 0 Å². The molecule has 0 aliphatic rings. The van der Waals surface area contributed by atoms with Gasteiger partial charge in [-0.15, -0.1) is 11.3 Å². The molecular weight excluding hydrogens is 369 g/mol. The number of halogens is 3. The van der Waals surface area contributed by atoms with Crippen molar-refractivity contribution in [3.63, 3.8) is 0 Å². The Hall–Kier alpha value is -0.100. The normalized spacial score (nSPS) is 14.4. The van der Waals surface area contributed by atoms with Crippen molar-refractivity contribution in [2.75, 3.05) is 6.54 Å². The fourth-order valence-electron chi connectivity index (χ4n) is 1.98. The average Bonchev–Trinajstić information content (AvgIpc) is 2.80. The minimum atomic E-state index is -0.732. The highest BCUT2D eigenvalue weighted by Gasteiger charge is 2.26. The molecule has 0 aliphatic heterocycles. The number of thiophene rings is 1. The van der Waals surface area contributed by atoms with Gasteiger partial charge in [-0.3, -0.25) is 0 Å². The molecule has 2 unspecified atom stereocenters. The summed E-state index contributed by atoms with van der Waals surface area (Å²) in [6.45, 7) is 0.262. The van der Waals surface area contributed by atoms with E-state index in [9.17, 15) is 5.11 Å². The first-order valence-corrected chi connectivity index (χ1v) is 8.03. The quantitative estimate of drug-likeness (QED) is 0.814. The van der Waals surface area contributed by atoms with Crippen LogP contribution in [0.3, 0.4) is 0 Å². The third kappa shape index (κ3) is 3.32. The first kappa shape index (κ1) is 15.3. The molecule has 0 radical (unpaired) electrons. The van der Waals surface area contributed by atoms with Crippen LogP contribution >= 0.6 is 50.5 Å². The third-order valence-electron chi connectivity index (χ3n) is 2.93. The molecule has 1 aromatic heterocycles. The van der Waals surface area contributed by atoms with E-state index in [1.807, 2.05) is 11.4 Å². The van der Waals surface area contributed by atoms with Crippen molar-refractivity contribution in [3.05, 3.63) is 54.6 Å². The van der Waals surface area contributed by atoms with Crippen LogP contribution in [0.2, 0.25) is 10.0 Å². The zero-order valence-electron chi connectivity index (χ0n) is 9.82. The molecule has 1 aromatic carbocycles. The molecule has 2 rings (SSSR count). The highest BCUT2D eigenvalue weighted by molar-refractivity contribution is 9.11. The first-order valence-electron chi connectivity index (χ1n) is 5.60. The summed E-state index contributed by atoms with van der Waals surface area (Å²) in [6.07, 6.45) is -0.732. The Morgan fingerprint density at radius 1 is 1.32 bits per heavy atom. The van der Waals surface area contributed by atoms with E-state index < -0.39 is 6.10 Å². The van der Waals surface area contributed by atoms with Gasteiger partial charge >= 0.3 is 0 Å². The summed E-state index contributed by atoms with van der Waals surface area (Å²) in [6, 6.07) is 7.15. The molecule has 3 N–H and O–H groups in total. The summed E-state index contributed by atoms with van der Waals surface area (Å²) in [4.78, 5) is 0. The lowest BCUT2D eigenvalue weighted by Gasteiger charge is -2.23. The van der Waals surface area contributed by atoms with Crippen LogP contribution in [-0.2, 0) is 0 Å². The van der Waals surface area contributed by atoms with E-state index in [0.717, 1.165) is 9.35 Å². The molecule has 19 heavy (non-hydrogen) atoms. The summed E-state index contributed by atoms with van der Waals surface area (Å²) in [5.41, 5.74) is 7.31. The fraction of sp³-hybridized carbons (Fsp3) is 0.231. The lowest BCUT2D eigenvalue weighted by atomic mass is 9.90. The topological polar surface area (TPSA) is 46.2 Å². The molecule has 2 nitrogen and oxygen atoms in total. The van der Waals surface area contributed by atoms with E-state index in [0.29, 0.717) is 15.6 Å². The Balaban J connectivity index is 2.39. The van der Waals surface area contributed by atoms with Crippen LogP contribution in [0.15, 0.2) is 33.4 Å². The lowest BCUT2D eigenvalue weighted by molar-refractivity contribution is 0.148. The van der Waals surface area contributed by atoms with Crippen LogP contribution < -0.4 is 5.73 Å². The Kier molecular flexibility index (Phi) is 5.29. The molecule has 0 spiro atoms. The molecule has 0 fully saturated rings. The van der Waals surface area contributed by atoms with Crippen molar-refractivity contribution in [2.45, 2.75) is 12.0 Å². The van der Waals surface area contributed by atoms with E-state index in [-0.39, 0.29) is 12.5 Å². The highest BCUT2D eigenvalue weighted by atomic mass is 79.9. The van der Waals surface area contributed by atoms with E-state index in [1.54, 1.807) is 18.2 Å². The number of aliphatic hydroxyl groups is 1. The smallest absolute Gasteiger partial charge is 0.0880 e. The van der Waals surface area contributed by atoms with Crippen LogP contribution in [0, 0.1) is 0 Å². The monoisotopic (exact) mass is 379 g/mol. The van der Waals surface area contributed by atoms with Crippen molar-refractivity contribution in [3.8, 4) is 0 Å². The molecule has 2 atom stereocenters. The highest BCUT2D eigenvalue weighted by Crippen LogP contribution is 2.39. The van der Waals surface area contributed by atoms with Crippen molar-refractivity contribution in [2.24, 2.45) is 5.73 Å². The minimum absolute atomic E-state index is 0.262. The van der Waals surface area contributed by atoms with E-state index in [4.69, 9.17) is 28.9 Å². The van der Waals surface area contributed by atoms with Crippen molar-refractivity contribution in [1.29, 1.82) is 0 Å². The summed E-state index contributed by atoms with van der Waals surface area (Å²) in [5, 5.41) is 13.4. The van der Waals surface area contributed by atoms with Gasteiger partial charge in [0.1, 0.15) is 0 Å². The molecule has 0 saturated heterocycles. The molecule has 0 aliphatic carbocycles. The van der Waals surface area contributed by atoms with Crippen LogP contribution in [0.4, 0.5) is 0 Å². The molecule has 2 aromatic rings. The van der Waals surface area contributed by atoms with Gasteiger partial charge in [-0.05, 0) is 50.6 Å². The minimum Gasteiger partial charge on any atom is -0.388 e. The van der Waals surface area contributed by atoms with Gasteiger partial charge < -0.3 is 10.8 Å². The van der Waals surface area contributed by atoms with Gasteiger partial charge in [0.15, 0.2) is 0 Å². The summed E-state index contributed by atoms with van der Waals surface area (Å²) < 4.78 is 0.961. The Morgan fingerprint density at radius 2 is 1.95 bits per heavy atom. The van der Waals surface area contributed by atoms with Gasteiger partial charge in [0.05, 0.1) is 9.89 Å². The molecule has 0 saturated carbocycles. The van der Waals surface area contributed by atoms with Gasteiger partial charge in [0.2, 0.25) is 0 Å². The number of hydrogen-bond donors (Lipinski definition) is 2. The van der Waals surface area contributed by atoms with E-state index in [2.05, 4.69) is 15.9 Å². The SMILES string of the molecule is NCC(c1c(Cl)cccc1Cl)C(O)c1csc(Br)c1. The third-order valence-corrected chi connectivity index (χ3v) is 5.12. The molecule has 1 heterocycles. The standard InChI is InChI=1S/C13H12BrCl2NOS/c14-11-4-7(6-19-11)13(18)8(5-17)12-9(15)2-1-3-10(12)16/h1-4,6,8,13,18H,5,17H2. The van der Waals surface area contributed by atoms with Crippen molar-refractivity contribution < 1.29 is 5.11 Å². The number of benzene rings is 1. The van der Waals surface area contributed by atoms with Gasteiger partial charge in [-0.2, -0.15) is 0 Å². The van der Waals surface area contributed by atoms with Crippen molar-refractivity contribution >= 4 is 50.5 Å². The van der Waals surface area contributed by atoms with Crippen molar-refractivity contribution in [1.82, 2.24) is 0 Å². The van der Waals surface area contributed by atoms with Gasteiger partial charge in [-0.25, -0.2) is 0 Å². The van der Waals surface area contributed by atoms with Crippen LogP contribution in [0.1, 0.15) is 23.1 Å². The molecule has 6 heteroatoms. The van der Waals surface area contributed by atoms with Crippen LogP contribution in [-0.4, -0.2) is 11.7 Å². The maximum atomic E-state index is 10.5. The zero-order valence-corrected chi connectivity index (χ0v) is 13.7. The largest absolute Gasteiger partial charge is 0.388 e. The number of hydrogen-bond acceptors (Lipinski definition) is 3. The second-order valence-corrected chi connectivity index (χ2v) is 7.21. The maximum Gasteiger partial charge on any atom is 0.0880 e. The Labute approximate surface area is 134 Å². The van der Waals surface area contributed by atoms with E-state index in [1.165, 1.54) is 11.3 Å². The predicted octanol–water partition coefficient (Wildman–Crippen LogP) is 4.59. The summed E-state index contributed by atoms with van der Waals surface area (Å²) >= 11 is 17.3. The maximum absolute atomic E-state index is 10.5. The predicted molar refractivity (Wildman–Crippen MR) is 85.2 cm³/mol. The summed E-state index contributed by atoms with van der Waals surface area (Å²) in [7, 11) is 0. The molecule has 102 valence electrons. The fourth-order valence-corrected chi connectivity index (χ4v) is 3.86. The second kappa shape index (κ2) is 6.57. The van der Waals surface area contributed by atoms with Crippen LogP contribution in [0.25, 0.3) is 0 Å². The Morgan fingerprint density at radius 3 is 2.42 bits per heavy atom. The average molecular weight is 381 g/mol.